The minimum absolute atomic E-state index is 0.0343. The van der Waals surface area contributed by atoms with Gasteiger partial charge in [0.05, 0.1) is 10.2 Å². The van der Waals surface area contributed by atoms with Crippen LogP contribution in [0.25, 0.3) is 0 Å². The van der Waals surface area contributed by atoms with E-state index in [0.29, 0.717) is 0 Å². The average Bonchev–Trinajstić information content (AvgIpc) is 3.42. The van der Waals surface area contributed by atoms with E-state index in [-0.39, 0.29) is 48.3 Å². The minimum Gasteiger partial charge on any atom is -0.410 e. The number of amides is 1. The summed E-state index contributed by atoms with van der Waals surface area (Å²) in [6, 6.07) is 7.71. The number of hydrazone groups is 1. The third-order valence-corrected chi connectivity index (χ3v) is 6.74. The largest absolute Gasteiger partial charge is 0.417 e. The SMILES string of the molecule is O=C(CSc1nnc(C2=NNC(c3cc(Cl)cc(Cl)c3)(C(F)(F)F)C2)o1)Nc1ccc(Br)c(F)c1. The van der Waals surface area contributed by atoms with Gasteiger partial charge in [-0.25, -0.2) is 4.39 Å². The van der Waals surface area contributed by atoms with Gasteiger partial charge in [0.2, 0.25) is 5.91 Å². The Morgan fingerprint density at radius 1 is 1.20 bits per heavy atom. The summed E-state index contributed by atoms with van der Waals surface area (Å²) < 4.78 is 61.6. The lowest BCUT2D eigenvalue weighted by Gasteiger charge is -2.31. The lowest BCUT2D eigenvalue weighted by atomic mass is 9.85. The number of carbonyl (C=O) groups excluding carboxylic acids is 1. The van der Waals surface area contributed by atoms with E-state index in [9.17, 15) is 22.4 Å². The first-order valence-corrected chi connectivity index (χ1v) is 12.1. The number of hydrogen-bond donors (Lipinski definition) is 2. The molecule has 1 atom stereocenters. The van der Waals surface area contributed by atoms with E-state index in [1.807, 2.05) is 0 Å². The molecule has 0 bridgehead atoms. The van der Waals surface area contributed by atoms with Crippen molar-refractivity contribution < 1.29 is 26.8 Å². The molecule has 2 aromatic carbocycles. The van der Waals surface area contributed by atoms with Gasteiger partial charge in [-0.3, -0.25) is 10.2 Å². The molecule has 1 aliphatic heterocycles. The minimum atomic E-state index is -4.77. The Morgan fingerprint density at radius 2 is 1.91 bits per heavy atom. The van der Waals surface area contributed by atoms with Crippen LogP contribution >= 0.6 is 50.9 Å². The molecular formula is C20H12BrCl2F4N5O2S. The lowest BCUT2D eigenvalue weighted by molar-refractivity contribution is -0.196. The first-order valence-electron chi connectivity index (χ1n) is 9.55. The molecule has 2 heterocycles. The molecular weight excluding hydrogens is 601 g/mol. The summed E-state index contributed by atoms with van der Waals surface area (Å²) in [5.74, 6) is -1.44. The molecule has 3 aromatic rings. The van der Waals surface area contributed by atoms with E-state index in [0.717, 1.165) is 30.0 Å². The van der Waals surface area contributed by atoms with Crippen LogP contribution < -0.4 is 10.7 Å². The molecule has 2 N–H and O–H groups in total. The lowest BCUT2D eigenvalue weighted by Crippen LogP contribution is -2.49. The van der Waals surface area contributed by atoms with Crippen LogP contribution in [0.3, 0.4) is 0 Å². The van der Waals surface area contributed by atoms with E-state index in [4.69, 9.17) is 27.6 Å². The summed E-state index contributed by atoms with van der Waals surface area (Å²) in [4.78, 5) is 12.1. The molecule has 1 amide bonds. The van der Waals surface area contributed by atoms with Crippen LogP contribution in [0.4, 0.5) is 23.2 Å². The maximum Gasteiger partial charge on any atom is 0.417 e. The number of nitrogens with one attached hydrogen (secondary N) is 2. The topological polar surface area (TPSA) is 92.4 Å². The predicted molar refractivity (Wildman–Crippen MR) is 126 cm³/mol. The van der Waals surface area contributed by atoms with Crippen molar-refractivity contribution in [1.82, 2.24) is 15.6 Å². The summed E-state index contributed by atoms with van der Waals surface area (Å²) >= 11 is 15.7. The number of anilines is 1. The fourth-order valence-electron chi connectivity index (χ4n) is 3.19. The van der Waals surface area contributed by atoms with Gasteiger partial charge in [0.15, 0.2) is 5.54 Å². The molecule has 184 valence electrons. The van der Waals surface area contributed by atoms with E-state index < -0.39 is 29.9 Å². The first-order chi connectivity index (χ1) is 16.5. The van der Waals surface area contributed by atoms with Crippen LogP contribution in [0.15, 0.2) is 55.6 Å². The zero-order valence-electron chi connectivity index (χ0n) is 17.1. The van der Waals surface area contributed by atoms with Gasteiger partial charge in [-0.2, -0.15) is 18.3 Å². The molecule has 0 radical (unpaired) electrons. The molecule has 1 aromatic heterocycles. The van der Waals surface area contributed by atoms with Crippen molar-refractivity contribution in [3.05, 3.63) is 68.2 Å². The van der Waals surface area contributed by atoms with Crippen molar-refractivity contribution in [3.63, 3.8) is 0 Å². The van der Waals surface area contributed by atoms with Crippen LogP contribution in [0.2, 0.25) is 10.0 Å². The number of hydrogen-bond acceptors (Lipinski definition) is 7. The Morgan fingerprint density at radius 3 is 2.57 bits per heavy atom. The third kappa shape index (κ3) is 5.57. The predicted octanol–water partition coefficient (Wildman–Crippen LogP) is 6.16. The number of thioether (sulfide) groups is 1. The van der Waals surface area contributed by atoms with Crippen LogP contribution in [-0.2, 0) is 10.3 Å². The second-order valence-electron chi connectivity index (χ2n) is 7.25. The quantitative estimate of drug-likeness (QED) is 0.256. The summed E-state index contributed by atoms with van der Waals surface area (Å²) in [5, 5.41) is 13.8. The van der Waals surface area contributed by atoms with Crippen LogP contribution in [0, 0.1) is 5.82 Å². The fraction of sp³-hybridized carbons (Fsp3) is 0.200. The van der Waals surface area contributed by atoms with E-state index >= 15 is 0 Å². The summed E-state index contributed by atoms with van der Waals surface area (Å²) in [5.41, 5.74) is -0.570. The number of rotatable bonds is 6. The number of benzene rings is 2. The maximum atomic E-state index is 14.1. The molecule has 0 saturated carbocycles. The molecule has 1 unspecified atom stereocenters. The Balaban J connectivity index is 1.44. The van der Waals surface area contributed by atoms with Crippen molar-refractivity contribution in [2.24, 2.45) is 5.10 Å². The van der Waals surface area contributed by atoms with E-state index in [1.165, 1.54) is 18.2 Å². The number of aromatic nitrogens is 2. The van der Waals surface area contributed by atoms with Crippen LogP contribution in [-0.4, -0.2) is 33.7 Å². The zero-order valence-corrected chi connectivity index (χ0v) is 21.0. The molecule has 0 spiro atoms. The van der Waals surface area contributed by atoms with Gasteiger partial charge in [0.25, 0.3) is 11.1 Å². The normalized spacial score (nSPS) is 17.7. The third-order valence-electron chi connectivity index (χ3n) is 4.84. The van der Waals surface area contributed by atoms with Crippen LogP contribution in [0.1, 0.15) is 17.9 Å². The first kappa shape index (κ1) is 25.7. The van der Waals surface area contributed by atoms with Crippen molar-refractivity contribution in [2.75, 3.05) is 11.1 Å². The number of alkyl halides is 3. The smallest absolute Gasteiger partial charge is 0.410 e. The van der Waals surface area contributed by atoms with Crippen molar-refractivity contribution in [3.8, 4) is 0 Å². The van der Waals surface area contributed by atoms with E-state index in [2.05, 4.69) is 42.0 Å². The summed E-state index contributed by atoms with van der Waals surface area (Å²) in [6.45, 7) is 0. The Labute approximate surface area is 217 Å². The highest BCUT2D eigenvalue weighted by molar-refractivity contribution is 9.10. The summed E-state index contributed by atoms with van der Waals surface area (Å²) in [6.07, 6.45) is -5.43. The molecule has 4 rings (SSSR count). The number of carbonyl (C=O) groups is 1. The zero-order chi connectivity index (χ0) is 25.4. The molecule has 1 aliphatic rings. The number of nitrogens with zero attached hydrogens (tertiary/aromatic N) is 3. The monoisotopic (exact) mass is 611 g/mol. The van der Waals surface area contributed by atoms with E-state index in [1.54, 1.807) is 0 Å². The van der Waals surface area contributed by atoms with Crippen molar-refractivity contribution in [1.29, 1.82) is 0 Å². The van der Waals surface area contributed by atoms with Gasteiger partial charge in [-0.15, -0.1) is 10.2 Å². The summed E-state index contributed by atoms with van der Waals surface area (Å²) in [7, 11) is 0. The highest BCUT2D eigenvalue weighted by atomic mass is 79.9. The van der Waals surface area contributed by atoms with Gasteiger partial charge in [0.1, 0.15) is 11.5 Å². The highest BCUT2D eigenvalue weighted by Gasteiger charge is 2.60. The molecule has 0 aliphatic carbocycles. The van der Waals surface area contributed by atoms with Crippen molar-refractivity contribution in [2.45, 2.75) is 23.4 Å². The van der Waals surface area contributed by atoms with Crippen LogP contribution in [0.5, 0.6) is 0 Å². The van der Waals surface area contributed by atoms with Gasteiger partial charge < -0.3 is 9.73 Å². The van der Waals surface area contributed by atoms with Gasteiger partial charge in [-0.1, -0.05) is 35.0 Å². The number of halogens is 7. The molecule has 0 fully saturated rings. The van der Waals surface area contributed by atoms with Gasteiger partial charge in [-0.05, 0) is 57.9 Å². The fourth-order valence-corrected chi connectivity index (χ4v) is 4.53. The second kappa shape index (κ2) is 9.96. The Hall–Kier alpha value is -2.35. The Bertz CT molecular complexity index is 1300. The highest BCUT2D eigenvalue weighted by Crippen LogP contribution is 2.46. The van der Waals surface area contributed by atoms with Crippen molar-refractivity contribution >= 4 is 68.2 Å². The standard InChI is InChI=1S/C20H12BrCl2F4N5O2S/c21-13-2-1-12(6-14(13)24)28-16(33)8-35-18-31-30-17(34-18)15-7-19(32-29-15,20(25,26)27)9-3-10(22)5-11(23)4-9/h1-6,32H,7-8H2,(H,28,33). The molecule has 35 heavy (non-hydrogen) atoms. The van der Waals surface area contributed by atoms with Gasteiger partial charge in [0, 0.05) is 22.2 Å². The maximum absolute atomic E-state index is 14.1. The Kier molecular flexibility index (Phi) is 7.32. The molecule has 7 nitrogen and oxygen atoms in total. The van der Waals surface area contributed by atoms with Gasteiger partial charge >= 0.3 is 6.18 Å². The second-order valence-corrected chi connectivity index (χ2v) is 9.90. The average molecular weight is 613 g/mol. The molecule has 0 saturated heterocycles. The molecule has 15 heteroatoms.